The Bertz CT molecular complexity index is 595. The summed E-state index contributed by atoms with van der Waals surface area (Å²) in [4.78, 5) is 0. The number of furan rings is 1. The Balaban J connectivity index is 2.32. The number of halogens is 1. The third-order valence-corrected chi connectivity index (χ3v) is 3.78. The van der Waals surface area contributed by atoms with E-state index in [9.17, 15) is 4.39 Å². The Morgan fingerprint density at radius 1 is 1.30 bits per heavy atom. The lowest BCUT2D eigenvalue weighted by molar-refractivity contribution is 0.320. The molecule has 0 radical (unpaired) electrons. The van der Waals surface area contributed by atoms with E-state index in [-0.39, 0.29) is 11.9 Å². The molecule has 110 valence electrons. The highest BCUT2D eigenvalue weighted by atomic mass is 19.1. The highest BCUT2D eigenvalue weighted by Gasteiger charge is 2.21. The molecule has 1 aromatic heterocycles. The summed E-state index contributed by atoms with van der Waals surface area (Å²) < 4.78 is 19.3. The summed E-state index contributed by atoms with van der Waals surface area (Å²) in [7, 11) is 1.94. The van der Waals surface area contributed by atoms with Crippen LogP contribution < -0.4 is 5.32 Å². The molecule has 1 N–H and O–H groups in total. The first-order valence-electron chi connectivity index (χ1n) is 7.17. The fourth-order valence-corrected chi connectivity index (χ4v) is 2.53. The quantitative estimate of drug-likeness (QED) is 0.853. The average molecular weight is 277 g/mol. The van der Waals surface area contributed by atoms with Gasteiger partial charge >= 0.3 is 0 Å². The molecule has 20 heavy (non-hydrogen) atoms. The molecule has 2 rings (SSSR count). The van der Waals surface area contributed by atoms with E-state index >= 15 is 0 Å². The highest BCUT2D eigenvalue weighted by molar-refractivity contribution is 5.82. The summed E-state index contributed by atoms with van der Waals surface area (Å²) in [5.74, 6) is 0.709. The maximum absolute atomic E-state index is 13.4. The minimum Gasteiger partial charge on any atom is -0.459 e. The van der Waals surface area contributed by atoms with Gasteiger partial charge in [0.25, 0.3) is 0 Å². The van der Waals surface area contributed by atoms with Crippen LogP contribution in [0.3, 0.4) is 0 Å². The van der Waals surface area contributed by atoms with Crippen molar-refractivity contribution >= 4 is 11.0 Å². The Morgan fingerprint density at radius 3 is 2.60 bits per heavy atom. The van der Waals surface area contributed by atoms with Crippen LogP contribution in [0.4, 0.5) is 4.39 Å². The predicted octanol–water partition coefficient (Wildman–Crippen LogP) is 4.97. The van der Waals surface area contributed by atoms with Gasteiger partial charge in [-0.05, 0) is 50.4 Å². The summed E-state index contributed by atoms with van der Waals surface area (Å²) in [5.41, 5.74) is 2.09. The van der Waals surface area contributed by atoms with Crippen LogP contribution in [0.5, 0.6) is 0 Å². The van der Waals surface area contributed by atoms with Gasteiger partial charge in [-0.2, -0.15) is 0 Å². The SMILES string of the molecule is CNC(CCC(C)(C)C)c1oc2ccc(F)cc2c1C. The molecular weight excluding hydrogens is 253 g/mol. The van der Waals surface area contributed by atoms with E-state index in [0.29, 0.717) is 5.41 Å². The molecule has 1 atom stereocenters. The number of aryl methyl sites for hydroxylation is 1. The van der Waals surface area contributed by atoms with E-state index in [2.05, 4.69) is 26.1 Å². The lowest BCUT2D eigenvalue weighted by Crippen LogP contribution is -2.19. The Labute approximate surface area is 120 Å². The molecular formula is C17H24FNO. The van der Waals surface area contributed by atoms with Crippen molar-refractivity contribution in [2.75, 3.05) is 7.05 Å². The van der Waals surface area contributed by atoms with E-state index in [1.165, 1.54) is 6.07 Å². The van der Waals surface area contributed by atoms with Gasteiger partial charge in [-0.1, -0.05) is 20.8 Å². The molecule has 0 aliphatic rings. The minimum absolute atomic E-state index is 0.171. The maximum atomic E-state index is 13.4. The second-order valence-electron chi connectivity index (χ2n) is 6.67. The smallest absolute Gasteiger partial charge is 0.134 e. The number of nitrogens with one attached hydrogen (secondary N) is 1. The largest absolute Gasteiger partial charge is 0.459 e. The van der Waals surface area contributed by atoms with Crippen LogP contribution in [-0.2, 0) is 0 Å². The zero-order chi connectivity index (χ0) is 14.9. The highest BCUT2D eigenvalue weighted by Crippen LogP contribution is 2.34. The summed E-state index contributed by atoms with van der Waals surface area (Å²) >= 11 is 0. The number of fused-ring (bicyclic) bond motifs is 1. The number of hydrogen-bond acceptors (Lipinski definition) is 2. The van der Waals surface area contributed by atoms with Crippen LogP contribution >= 0.6 is 0 Å². The first-order valence-corrected chi connectivity index (χ1v) is 7.17. The first kappa shape index (κ1) is 15.0. The molecule has 0 amide bonds. The van der Waals surface area contributed by atoms with E-state index < -0.39 is 0 Å². The summed E-state index contributed by atoms with van der Waals surface area (Å²) in [6.07, 6.45) is 2.10. The fraction of sp³-hybridized carbons (Fsp3) is 0.529. The molecule has 1 unspecified atom stereocenters. The molecule has 0 spiro atoms. The van der Waals surface area contributed by atoms with Gasteiger partial charge in [-0.25, -0.2) is 4.39 Å². The van der Waals surface area contributed by atoms with Crippen molar-refractivity contribution in [2.45, 2.75) is 46.6 Å². The van der Waals surface area contributed by atoms with E-state index in [1.54, 1.807) is 12.1 Å². The van der Waals surface area contributed by atoms with Crippen LogP contribution in [0.15, 0.2) is 22.6 Å². The number of benzene rings is 1. The zero-order valence-electron chi connectivity index (χ0n) is 13.0. The number of rotatable bonds is 4. The van der Waals surface area contributed by atoms with Gasteiger partial charge in [-0.15, -0.1) is 0 Å². The molecule has 0 aliphatic heterocycles. The Kier molecular flexibility index (Phi) is 4.19. The monoisotopic (exact) mass is 277 g/mol. The number of hydrogen-bond donors (Lipinski definition) is 1. The molecule has 3 heteroatoms. The van der Waals surface area contributed by atoms with Gasteiger partial charge in [0.1, 0.15) is 17.2 Å². The van der Waals surface area contributed by atoms with Crippen molar-refractivity contribution < 1.29 is 8.81 Å². The van der Waals surface area contributed by atoms with E-state index in [1.807, 2.05) is 14.0 Å². The predicted molar refractivity (Wildman–Crippen MR) is 81.4 cm³/mol. The summed E-state index contributed by atoms with van der Waals surface area (Å²) in [6.45, 7) is 8.71. The molecule has 0 saturated carbocycles. The van der Waals surface area contributed by atoms with Crippen LogP contribution in [0.2, 0.25) is 0 Å². The summed E-state index contributed by atoms with van der Waals surface area (Å²) in [6, 6.07) is 4.87. The van der Waals surface area contributed by atoms with Crippen molar-refractivity contribution in [3.63, 3.8) is 0 Å². The Morgan fingerprint density at radius 2 is 2.00 bits per heavy atom. The zero-order valence-corrected chi connectivity index (χ0v) is 13.0. The van der Waals surface area contributed by atoms with E-state index in [4.69, 9.17) is 4.42 Å². The van der Waals surface area contributed by atoms with Gasteiger partial charge in [-0.3, -0.25) is 0 Å². The molecule has 1 heterocycles. The third-order valence-electron chi connectivity index (χ3n) is 3.78. The average Bonchev–Trinajstić information content (AvgIpc) is 2.67. The van der Waals surface area contributed by atoms with Crippen molar-refractivity contribution in [3.05, 3.63) is 35.3 Å². The van der Waals surface area contributed by atoms with Crippen LogP contribution in [-0.4, -0.2) is 7.05 Å². The minimum atomic E-state index is -0.219. The lowest BCUT2D eigenvalue weighted by Gasteiger charge is -2.22. The molecule has 0 aliphatic carbocycles. The van der Waals surface area contributed by atoms with Crippen molar-refractivity contribution in [2.24, 2.45) is 5.41 Å². The van der Waals surface area contributed by atoms with Gasteiger partial charge in [0, 0.05) is 10.9 Å². The Hall–Kier alpha value is -1.35. The molecule has 2 nitrogen and oxygen atoms in total. The molecule has 1 aromatic carbocycles. The van der Waals surface area contributed by atoms with Crippen LogP contribution in [0, 0.1) is 18.2 Å². The van der Waals surface area contributed by atoms with Crippen molar-refractivity contribution in [1.82, 2.24) is 5.32 Å². The molecule has 0 bridgehead atoms. The second kappa shape index (κ2) is 5.57. The topological polar surface area (TPSA) is 25.2 Å². The van der Waals surface area contributed by atoms with Crippen LogP contribution in [0.25, 0.3) is 11.0 Å². The van der Waals surface area contributed by atoms with Crippen molar-refractivity contribution in [1.29, 1.82) is 0 Å². The molecule has 0 fully saturated rings. The van der Waals surface area contributed by atoms with Gasteiger partial charge in [0.05, 0.1) is 6.04 Å². The second-order valence-corrected chi connectivity index (χ2v) is 6.67. The standard InChI is InChI=1S/C17H24FNO/c1-11-13-10-12(18)6-7-15(13)20-16(11)14(19-5)8-9-17(2,3)4/h6-7,10,14,19H,8-9H2,1-5H3. The van der Waals surface area contributed by atoms with Gasteiger partial charge in [0.2, 0.25) is 0 Å². The van der Waals surface area contributed by atoms with E-state index in [0.717, 1.165) is 35.1 Å². The van der Waals surface area contributed by atoms with Gasteiger partial charge in [0.15, 0.2) is 0 Å². The maximum Gasteiger partial charge on any atom is 0.134 e. The van der Waals surface area contributed by atoms with Gasteiger partial charge < -0.3 is 9.73 Å². The first-order chi connectivity index (χ1) is 9.31. The molecule has 2 aromatic rings. The lowest BCUT2D eigenvalue weighted by atomic mass is 9.88. The normalized spacial score (nSPS) is 13.9. The fourth-order valence-electron chi connectivity index (χ4n) is 2.53. The molecule has 0 saturated heterocycles. The van der Waals surface area contributed by atoms with Crippen molar-refractivity contribution in [3.8, 4) is 0 Å². The third kappa shape index (κ3) is 3.21. The van der Waals surface area contributed by atoms with Crippen LogP contribution in [0.1, 0.15) is 51.0 Å². The summed E-state index contributed by atoms with van der Waals surface area (Å²) in [5, 5.41) is 4.19.